The van der Waals surface area contributed by atoms with Crippen molar-refractivity contribution in [2.45, 2.75) is 32.4 Å². The van der Waals surface area contributed by atoms with Crippen LogP contribution in [0.4, 0.5) is 0 Å². The quantitative estimate of drug-likeness (QED) is 0.498. The van der Waals surface area contributed by atoms with Crippen LogP contribution in [0.1, 0.15) is 34.5 Å². The molecule has 0 unspecified atom stereocenters. The number of allylic oxidation sites excluding steroid dienone is 2. The predicted octanol–water partition coefficient (Wildman–Crippen LogP) is 4.76. The number of hydrogen-bond acceptors (Lipinski definition) is 2. The minimum atomic E-state index is -0.988. The first-order valence-corrected chi connectivity index (χ1v) is 9.97. The molecule has 0 amide bonds. The number of carboxylic acid groups (broad SMARTS) is 1. The van der Waals surface area contributed by atoms with E-state index in [4.69, 9.17) is 0 Å². The Morgan fingerprint density at radius 1 is 1.03 bits per heavy atom. The van der Waals surface area contributed by atoms with Crippen LogP contribution in [0.2, 0.25) is 0 Å². The second kappa shape index (κ2) is 9.74. The number of aromatic carboxylic acids is 1. The fraction of sp³-hybridized carbons (Fsp3) is 0.200. The average Bonchev–Trinajstić information content (AvgIpc) is 3.05. The molecule has 0 aliphatic rings. The van der Waals surface area contributed by atoms with Gasteiger partial charge >= 0.3 is 11.7 Å². The molecule has 1 aromatic heterocycles. The molecule has 0 spiro atoms. The highest BCUT2D eigenvalue weighted by molar-refractivity contribution is 5.96. The Balaban J connectivity index is 1.99. The lowest BCUT2D eigenvalue weighted by molar-refractivity contribution is 0.0697. The predicted molar refractivity (Wildman–Crippen MR) is 120 cm³/mol. The molecule has 154 valence electrons. The number of aromatic nitrogens is 2. The molecular weight excluding hydrogens is 376 g/mol. The molecular formula is C25H26N2O3. The third kappa shape index (κ3) is 4.69. The van der Waals surface area contributed by atoms with Crippen LogP contribution in [0.15, 0.2) is 84.8 Å². The Kier molecular flexibility index (Phi) is 6.86. The molecule has 5 heteroatoms. The third-order valence-electron chi connectivity index (χ3n) is 5.05. The molecule has 3 aromatic rings. The van der Waals surface area contributed by atoms with Gasteiger partial charge in [-0.15, -0.1) is 13.2 Å². The zero-order valence-electron chi connectivity index (χ0n) is 17.0. The summed E-state index contributed by atoms with van der Waals surface area (Å²) in [7, 11) is 0. The molecule has 0 bridgehead atoms. The van der Waals surface area contributed by atoms with Gasteiger partial charge in [0.2, 0.25) is 0 Å². The van der Waals surface area contributed by atoms with Crippen LogP contribution in [0, 0.1) is 0 Å². The van der Waals surface area contributed by atoms with E-state index in [0.717, 1.165) is 23.2 Å². The number of benzene rings is 2. The zero-order valence-corrected chi connectivity index (χ0v) is 17.0. The van der Waals surface area contributed by atoms with Gasteiger partial charge in [-0.05, 0) is 42.0 Å². The van der Waals surface area contributed by atoms with Crippen LogP contribution in [0.5, 0.6) is 0 Å². The van der Waals surface area contributed by atoms with Crippen LogP contribution in [-0.4, -0.2) is 20.2 Å². The molecule has 1 N–H and O–H groups in total. The van der Waals surface area contributed by atoms with Crippen LogP contribution >= 0.6 is 0 Å². The fourth-order valence-electron chi connectivity index (χ4n) is 3.51. The number of rotatable bonds is 10. The summed E-state index contributed by atoms with van der Waals surface area (Å²) in [6.07, 6.45) is 7.67. The average molecular weight is 402 g/mol. The van der Waals surface area contributed by atoms with Gasteiger partial charge in [0.15, 0.2) is 0 Å². The molecule has 1 heterocycles. The molecule has 0 radical (unpaired) electrons. The number of nitrogens with zero attached hydrogens (tertiary/aromatic N) is 2. The van der Waals surface area contributed by atoms with Gasteiger partial charge in [-0.1, -0.05) is 54.6 Å². The van der Waals surface area contributed by atoms with Crippen molar-refractivity contribution in [2.75, 3.05) is 0 Å². The topological polar surface area (TPSA) is 64.2 Å². The van der Waals surface area contributed by atoms with E-state index in [9.17, 15) is 14.7 Å². The van der Waals surface area contributed by atoms with Gasteiger partial charge in [-0.2, -0.15) is 0 Å². The number of imidazole rings is 1. The Hall–Kier alpha value is -3.60. The normalized spacial score (nSPS) is 10.7. The van der Waals surface area contributed by atoms with E-state index in [1.807, 2.05) is 54.7 Å². The van der Waals surface area contributed by atoms with Crippen molar-refractivity contribution in [2.24, 2.45) is 0 Å². The minimum absolute atomic E-state index is 0.0973. The van der Waals surface area contributed by atoms with Crippen LogP contribution in [-0.2, 0) is 19.5 Å². The van der Waals surface area contributed by atoms with Crippen LogP contribution in [0.25, 0.3) is 11.1 Å². The number of carboxylic acids is 1. The van der Waals surface area contributed by atoms with Crippen LogP contribution in [0.3, 0.4) is 0 Å². The maximum absolute atomic E-state index is 12.9. The standard InChI is InChI=1S/C25H26N2O3/c1-3-5-12-21-18-26(15-6-4-2)25(30)27(21)17-19-13-14-22(23(16-19)24(28)29)20-10-8-7-9-11-20/h3-4,7-11,13-14,16,18H,1-2,5-6,12,15,17H2,(H,28,29). The van der Waals surface area contributed by atoms with E-state index in [-0.39, 0.29) is 11.3 Å². The van der Waals surface area contributed by atoms with Gasteiger partial charge < -0.3 is 5.11 Å². The summed E-state index contributed by atoms with van der Waals surface area (Å²) in [6.45, 7) is 8.38. The summed E-state index contributed by atoms with van der Waals surface area (Å²) >= 11 is 0. The Morgan fingerprint density at radius 2 is 1.77 bits per heavy atom. The second-order valence-electron chi connectivity index (χ2n) is 7.14. The van der Waals surface area contributed by atoms with E-state index in [2.05, 4.69) is 13.2 Å². The Bertz CT molecular complexity index is 1110. The first kappa shape index (κ1) is 21.1. The molecule has 0 fully saturated rings. The smallest absolute Gasteiger partial charge is 0.336 e. The van der Waals surface area contributed by atoms with Crippen molar-refractivity contribution in [1.82, 2.24) is 9.13 Å². The van der Waals surface area contributed by atoms with Gasteiger partial charge in [-0.25, -0.2) is 9.59 Å². The molecule has 0 aliphatic carbocycles. The van der Waals surface area contributed by atoms with Gasteiger partial charge in [0, 0.05) is 18.4 Å². The summed E-state index contributed by atoms with van der Waals surface area (Å²) in [6, 6.07) is 14.8. The molecule has 30 heavy (non-hydrogen) atoms. The monoisotopic (exact) mass is 402 g/mol. The van der Waals surface area contributed by atoms with Crippen molar-refractivity contribution in [1.29, 1.82) is 0 Å². The second-order valence-corrected chi connectivity index (χ2v) is 7.14. The van der Waals surface area contributed by atoms with Crippen LogP contribution < -0.4 is 5.69 Å². The van der Waals surface area contributed by atoms with E-state index in [1.54, 1.807) is 21.3 Å². The molecule has 2 aromatic carbocycles. The minimum Gasteiger partial charge on any atom is -0.478 e. The maximum atomic E-state index is 12.9. The van der Waals surface area contributed by atoms with E-state index < -0.39 is 5.97 Å². The maximum Gasteiger partial charge on any atom is 0.336 e. The zero-order chi connectivity index (χ0) is 21.5. The molecule has 0 saturated heterocycles. The first-order valence-electron chi connectivity index (χ1n) is 9.97. The summed E-state index contributed by atoms with van der Waals surface area (Å²) in [5.41, 5.74) is 3.32. The summed E-state index contributed by atoms with van der Waals surface area (Å²) < 4.78 is 3.41. The van der Waals surface area contributed by atoms with Crippen molar-refractivity contribution < 1.29 is 9.90 Å². The van der Waals surface area contributed by atoms with Gasteiger partial charge in [-0.3, -0.25) is 9.13 Å². The SMILES string of the molecule is C=CCCc1cn(CCC=C)c(=O)n1Cc1ccc(-c2ccccc2)c(C(=O)O)c1. The first-order chi connectivity index (χ1) is 14.5. The number of hydrogen-bond donors (Lipinski definition) is 1. The fourth-order valence-corrected chi connectivity index (χ4v) is 3.51. The lowest BCUT2D eigenvalue weighted by atomic mass is 9.97. The van der Waals surface area contributed by atoms with Crippen molar-refractivity contribution >= 4 is 5.97 Å². The third-order valence-corrected chi connectivity index (χ3v) is 5.05. The largest absolute Gasteiger partial charge is 0.478 e. The van der Waals surface area contributed by atoms with Crippen molar-refractivity contribution in [3.05, 3.63) is 107 Å². The van der Waals surface area contributed by atoms with Gasteiger partial charge in [0.1, 0.15) is 0 Å². The van der Waals surface area contributed by atoms with E-state index in [1.165, 1.54) is 0 Å². The lowest BCUT2D eigenvalue weighted by Crippen LogP contribution is -2.25. The van der Waals surface area contributed by atoms with Crippen molar-refractivity contribution in [3.8, 4) is 11.1 Å². The van der Waals surface area contributed by atoms with Gasteiger partial charge in [0.05, 0.1) is 12.1 Å². The Labute approximate surface area is 176 Å². The number of aryl methyl sites for hydroxylation is 2. The van der Waals surface area contributed by atoms with Crippen molar-refractivity contribution in [3.63, 3.8) is 0 Å². The number of carbonyl (C=O) groups is 1. The van der Waals surface area contributed by atoms with Gasteiger partial charge in [0.25, 0.3) is 0 Å². The molecule has 5 nitrogen and oxygen atoms in total. The summed E-state index contributed by atoms with van der Waals surface area (Å²) in [5, 5.41) is 9.75. The van der Waals surface area contributed by atoms with E-state index >= 15 is 0 Å². The molecule has 3 rings (SSSR count). The highest BCUT2D eigenvalue weighted by Gasteiger charge is 2.15. The Morgan fingerprint density at radius 3 is 2.43 bits per heavy atom. The molecule has 0 aliphatic heterocycles. The highest BCUT2D eigenvalue weighted by Crippen LogP contribution is 2.25. The highest BCUT2D eigenvalue weighted by atomic mass is 16.4. The lowest BCUT2D eigenvalue weighted by Gasteiger charge is -2.11. The molecule has 0 atom stereocenters. The summed E-state index contributed by atoms with van der Waals surface area (Å²) in [4.78, 5) is 24.8. The summed E-state index contributed by atoms with van der Waals surface area (Å²) in [5.74, 6) is -0.988. The molecule has 0 saturated carbocycles. The van der Waals surface area contributed by atoms with E-state index in [0.29, 0.717) is 31.5 Å².